The Morgan fingerprint density at radius 1 is 1.42 bits per heavy atom. The predicted octanol–water partition coefficient (Wildman–Crippen LogP) is -0.00750. The Morgan fingerprint density at radius 2 is 2.21 bits per heavy atom. The average Bonchev–Trinajstić information content (AvgIpc) is 2.56. The Bertz CT molecular complexity index is 519. The van der Waals surface area contributed by atoms with Crippen LogP contribution in [-0.2, 0) is 11.3 Å². The second kappa shape index (κ2) is 11.7. The van der Waals surface area contributed by atoms with Gasteiger partial charge in [-0.25, -0.2) is 0 Å². The van der Waals surface area contributed by atoms with Crippen LogP contribution >= 0.6 is 0 Å². The Balaban J connectivity index is 2.43. The highest BCUT2D eigenvalue weighted by Crippen LogP contribution is 1.99. The number of aliphatic hydroxyl groups excluding tert-OH is 1. The van der Waals surface area contributed by atoms with Gasteiger partial charge in [0.15, 0.2) is 0 Å². The van der Waals surface area contributed by atoms with E-state index in [0.29, 0.717) is 26.2 Å². The summed E-state index contributed by atoms with van der Waals surface area (Å²) in [5.41, 5.74) is 1.79. The summed E-state index contributed by atoms with van der Waals surface area (Å²) in [4.78, 5) is 24.5. The molecule has 134 valence electrons. The lowest BCUT2D eigenvalue weighted by molar-refractivity contribution is -0.130. The predicted molar refractivity (Wildman–Crippen MR) is 96.3 cm³/mol. The minimum Gasteiger partial charge on any atom is -0.394 e. The van der Waals surface area contributed by atoms with Gasteiger partial charge in [0, 0.05) is 38.6 Å². The molecule has 0 aromatic carbocycles. The van der Waals surface area contributed by atoms with Crippen molar-refractivity contribution in [1.82, 2.24) is 20.1 Å². The van der Waals surface area contributed by atoms with Gasteiger partial charge in [0.2, 0.25) is 5.91 Å². The second-order valence-electron chi connectivity index (χ2n) is 5.72. The number of aliphatic hydroxyl groups is 1. The lowest BCUT2D eigenvalue weighted by Crippen LogP contribution is -2.41. The van der Waals surface area contributed by atoms with E-state index in [-0.39, 0.29) is 12.5 Å². The number of aliphatic imine (C=N–C) groups is 1. The molecule has 7 heteroatoms. The fourth-order valence-electron chi connectivity index (χ4n) is 2.09. The zero-order chi connectivity index (χ0) is 17.8. The molecule has 1 heterocycles. The van der Waals surface area contributed by atoms with Crippen molar-refractivity contribution >= 4 is 12.1 Å². The van der Waals surface area contributed by atoms with Crippen LogP contribution in [0.2, 0.25) is 0 Å². The molecular weight excluding hydrogens is 306 g/mol. The van der Waals surface area contributed by atoms with Gasteiger partial charge in [0.05, 0.1) is 25.4 Å². The molecule has 0 unspecified atom stereocenters. The third-order valence-corrected chi connectivity index (χ3v) is 3.44. The van der Waals surface area contributed by atoms with E-state index in [1.54, 1.807) is 12.4 Å². The zero-order valence-corrected chi connectivity index (χ0v) is 14.9. The number of rotatable bonds is 11. The van der Waals surface area contributed by atoms with Crippen LogP contribution in [0.25, 0.3) is 0 Å². The molecule has 1 amide bonds. The summed E-state index contributed by atoms with van der Waals surface area (Å²) in [5.74, 6) is 0.0972. The first-order valence-electron chi connectivity index (χ1n) is 8.25. The SMILES string of the molecule is CCN(CCN(C)C)C(=O)CNCc1cc(C=NCCO)ccn1. The topological polar surface area (TPSA) is 81.1 Å². The van der Waals surface area contributed by atoms with E-state index in [1.807, 2.05) is 38.1 Å². The van der Waals surface area contributed by atoms with E-state index in [0.717, 1.165) is 24.3 Å². The minimum atomic E-state index is 0.0415. The number of hydrogen-bond donors (Lipinski definition) is 2. The van der Waals surface area contributed by atoms with E-state index >= 15 is 0 Å². The van der Waals surface area contributed by atoms with Crippen molar-refractivity contribution in [2.45, 2.75) is 13.5 Å². The highest BCUT2D eigenvalue weighted by molar-refractivity contribution is 5.79. The fourth-order valence-corrected chi connectivity index (χ4v) is 2.09. The van der Waals surface area contributed by atoms with Crippen LogP contribution in [0.3, 0.4) is 0 Å². The molecule has 24 heavy (non-hydrogen) atoms. The van der Waals surface area contributed by atoms with Crippen molar-refractivity contribution in [3.63, 3.8) is 0 Å². The maximum atomic E-state index is 12.2. The Labute approximate surface area is 144 Å². The van der Waals surface area contributed by atoms with Crippen molar-refractivity contribution in [3.05, 3.63) is 29.6 Å². The van der Waals surface area contributed by atoms with E-state index in [1.165, 1.54) is 0 Å². The van der Waals surface area contributed by atoms with Crippen LogP contribution < -0.4 is 5.32 Å². The molecule has 2 N–H and O–H groups in total. The molecule has 0 saturated carbocycles. The lowest BCUT2D eigenvalue weighted by atomic mass is 10.2. The summed E-state index contributed by atoms with van der Waals surface area (Å²) in [7, 11) is 4.00. The molecule has 0 aliphatic rings. The molecule has 0 aliphatic carbocycles. The summed E-state index contributed by atoms with van der Waals surface area (Å²) < 4.78 is 0. The van der Waals surface area contributed by atoms with Gasteiger partial charge < -0.3 is 20.2 Å². The van der Waals surface area contributed by atoms with Crippen molar-refractivity contribution < 1.29 is 9.90 Å². The first-order chi connectivity index (χ1) is 11.6. The summed E-state index contributed by atoms with van der Waals surface area (Å²) in [6, 6.07) is 3.78. The van der Waals surface area contributed by atoms with Crippen LogP contribution in [0.1, 0.15) is 18.2 Å². The van der Waals surface area contributed by atoms with Crippen LogP contribution in [-0.4, -0.2) is 85.4 Å². The van der Waals surface area contributed by atoms with Gasteiger partial charge >= 0.3 is 0 Å². The quantitative estimate of drug-likeness (QED) is 0.556. The van der Waals surface area contributed by atoms with E-state index in [9.17, 15) is 4.79 Å². The van der Waals surface area contributed by atoms with Gasteiger partial charge in [-0.2, -0.15) is 0 Å². The van der Waals surface area contributed by atoms with Crippen LogP contribution in [0.15, 0.2) is 23.3 Å². The molecule has 0 fully saturated rings. The molecule has 1 aromatic heterocycles. The number of hydrogen-bond acceptors (Lipinski definition) is 6. The fraction of sp³-hybridized carbons (Fsp3) is 0.588. The Kier molecular flexibility index (Phi) is 9.83. The molecule has 0 atom stereocenters. The normalized spacial score (nSPS) is 11.4. The van der Waals surface area contributed by atoms with Crippen LogP contribution in [0, 0.1) is 0 Å². The van der Waals surface area contributed by atoms with Crippen molar-refractivity contribution in [2.24, 2.45) is 4.99 Å². The molecule has 1 rings (SSSR count). The number of amides is 1. The average molecular weight is 335 g/mol. The van der Waals surface area contributed by atoms with Gasteiger partial charge in [-0.3, -0.25) is 14.8 Å². The third kappa shape index (κ3) is 8.14. The number of nitrogens with one attached hydrogen (secondary N) is 1. The number of pyridine rings is 1. The second-order valence-corrected chi connectivity index (χ2v) is 5.72. The summed E-state index contributed by atoms with van der Waals surface area (Å²) in [6.07, 6.45) is 3.43. The van der Waals surface area contributed by atoms with Gasteiger partial charge in [0.1, 0.15) is 0 Å². The summed E-state index contributed by atoms with van der Waals surface area (Å²) in [5, 5.41) is 11.9. The molecule has 0 radical (unpaired) electrons. The maximum absolute atomic E-state index is 12.2. The van der Waals surface area contributed by atoms with Gasteiger partial charge in [0.25, 0.3) is 0 Å². The third-order valence-electron chi connectivity index (χ3n) is 3.44. The van der Waals surface area contributed by atoms with Crippen molar-refractivity contribution in [2.75, 3.05) is 53.4 Å². The molecule has 0 saturated heterocycles. The number of nitrogens with zero attached hydrogens (tertiary/aromatic N) is 4. The molecular formula is C17H29N5O2. The van der Waals surface area contributed by atoms with Gasteiger partial charge in [-0.15, -0.1) is 0 Å². The molecule has 0 bridgehead atoms. The number of aromatic nitrogens is 1. The first kappa shape index (κ1) is 20.2. The largest absolute Gasteiger partial charge is 0.394 e. The minimum absolute atomic E-state index is 0.0415. The number of likely N-dealkylation sites (N-methyl/N-ethyl adjacent to an activating group) is 2. The van der Waals surface area contributed by atoms with Crippen molar-refractivity contribution in [3.8, 4) is 0 Å². The van der Waals surface area contributed by atoms with E-state index in [2.05, 4.69) is 20.2 Å². The van der Waals surface area contributed by atoms with Gasteiger partial charge in [-0.1, -0.05) is 0 Å². The van der Waals surface area contributed by atoms with Crippen LogP contribution in [0.4, 0.5) is 0 Å². The monoisotopic (exact) mass is 335 g/mol. The molecule has 0 spiro atoms. The Morgan fingerprint density at radius 3 is 2.88 bits per heavy atom. The highest BCUT2D eigenvalue weighted by Gasteiger charge is 2.11. The van der Waals surface area contributed by atoms with Gasteiger partial charge in [-0.05, 0) is 38.7 Å². The summed E-state index contributed by atoms with van der Waals surface area (Å²) >= 11 is 0. The molecule has 1 aromatic rings. The molecule has 7 nitrogen and oxygen atoms in total. The lowest BCUT2D eigenvalue weighted by Gasteiger charge is -2.23. The van der Waals surface area contributed by atoms with Crippen molar-refractivity contribution in [1.29, 1.82) is 0 Å². The smallest absolute Gasteiger partial charge is 0.236 e. The highest BCUT2D eigenvalue weighted by atomic mass is 16.3. The summed E-state index contributed by atoms with van der Waals surface area (Å²) in [6.45, 7) is 5.55. The van der Waals surface area contributed by atoms with Crippen LogP contribution in [0.5, 0.6) is 0 Å². The Hall–Kier alpha value is -1.83. The number of carbonyl (C=O) groups excluding carboxylic acids is 1. The first-order valence-corrected chi connectivity index (χ1v) is 8.25. The number of carbonyl (C=O) groups is 1. The maximum Gasteiger partial charge on any atom is 0.236 e. The zero-order valence-electron chi connectivity index (χ0n) is 14.9. The standard InChI is InChI=1S/C17H29N5O2/c1-4-22(9-8-21(2)3)17(24)14-19-13-16-11-15(5-6-20-16)12-18-7-10-23/h5-6,11-12,19,23H,4,7-10,13-14H2,1-3H3. The van der Waals surface area contributed by atoms with E-state index < -0.39 is 0 Å². The molecule has 0 aliphatic heterocycles. The van der Waals surface area contributed by atoms with E-state index in [4.69, 9.17) is 5.11 Å².